The van der Waals surface area contributed by atoms with E-state index in [1.165, 1.54) is 12.3 Å². The molecule has 102 valence electrons. The number of ether oxygens (including phenoxy) is 1. The van der Waals surface area contributed by atoms with Crippen molar-refractivity contribution in [3.05, 3.63) is 22.7 Å². The Bertz CT molecular complexity index is 581. The highest BCUT2D eigenvalue weighted by Gasteiger charge is 2.54. The fourth-order valence-electron chi connectivity index (χ4n) is 2.16. The Labute approximate surface area is 108 Å². The fourth-order valence-corrected chi connectivity index (χ4v) is 2.16. The maximum atomic E-state index is 11.7. The first-order valence-corrected chi connectivity index (χ1v) is 5.68. The Hall–Kier alpha value is -1.95. The molecule has 8 nitrogen and oxygen atoms in total. The van der Waals surface area contributed by atoms with E-state index in [9.17, 15) is 15.0 Å². The minimum absolute atomic E-state index is 0.0705. The SMILES string of the molecule is C[C@@H]1[C@H](n2ccc(N)nc2=O)O[C@](C#N)(CO)[C@H]1O. The molecule has 0 radical (unpaired) electrons. The standard InChI is InChI=1S/C11H14N4O4/c1-6-8(17)11(4-12,5-16)19-9(6)15-3-2-7(13)14-10(15)18/h2-3,6,8-9,16-17H,5H2,1H3,(H2,13,14,18)/t6-,8-,9+,11+/m0/s1. The normalized spacial score (nSPS) is 34.1. The lowest BCUT2D eigenvalue weighted by Gasteiger charge is -2.21. The smallest absolute Gasteiger partial charge is 0.351 e. The molecule has 4 N–H and O–H groups in total. The molecule has 1 fully saturated rings. The average Bonchev–Trinajstić information content (AvgIpc) is 2.64. The second-order valence-corrected chi connectivity index (χ2v) is 4.51. The van der Waals surface area contributed by atoms with Crippen LogP contribution < -0.4 is 11.4 Å². The molecular formula is C11H14N4O4. The van der Waals surface area contributed by atoms with Gasteiger partial charge in [-0.2, -0.15) is 10.2 Å². The van der Waals surface area contributed by atoms with E-state index in [0.29, 0.717) is 0 Å². The third-order valence-corrected chi connectivity index (χ3v) is 3.31. The van der Waals surface area contributed by atoms with E-state index >= 15 is 0 Å². The van der Waals surface area contributed by atoms with Gasteiger partial charge in [0.25, 0.3) is 0 Å². The number of nitrogens with zero attached hydrogens (tertiary/aromatic N) is 3. The van der Waals surface area contributed by atoms with Gasteiger partial charge in [0.05, 0.1) is 6.61 Å². The van der Waals surface area contributed by atoms with Gasteiger partial charge in [0.15, 0.2) is 0 Å². The summed E-state index contributed by atoms with van der Waals surface area (Å²) in [6, 6.07) is 3.17. The molecule has 0 aliphatic carbocycles. The molecule has 1 aromatic rings. The quantitative estimate of drug-likeness (QED) is 0.599. The number of rotatable bonds is 2. The Kier molecular flexibility index (Phi) is 3.28. The summed E-state index contributed by atoms with van der Waals surface area (Å²) in [4.78, 5) is 15.3. The summed E-state index contributed by atoms with van der Waals surface area (Å²) < 4.78 is 6.54. The summed E-state index contributed by atoms with van der Waals surface area (Å²) in [6.07, 6.45) is -0.719. The molecule has 1 aromatic heterocycles. The van der Waals surface area contributed by atoms with Gasteiger partial charge >= 0.3 is 5.69 Å². The molecule has 19 heavy (non-hydrogen) atoms. The van der Waals surface area contributed by atoms with Gasteiger partial charge in [-0.05, 0) is 6.07 Å². The van der Waals surface area contributed by atoms with Crippen molar-refractivity contribution >= 4 is 5.82 Å². The molecule has 1 aliphatic heterocycles. The average molecular weight is 266 g/mol. The first-order valence-electron chi connectivity index (χ1n) is 5.68. The predicted molar refractivity (Wildman–Crippen MR) is 63.6 cm³/mol. The summed E-state index contributed by atoms with van der Waals surface area (Å²) in [5, 5.41) is 28.3. The number of nitrogen functional groups attached to an aromatic ring is 1. The maximum absolute atomic E-state index is 11.7. The van der Waals surface area contributed by atoms with E-state index < -0.39 is 36.1 Å². The molecule has 0 amide bonds. The lowest BCUT2D eigenvalue weighted by molar-refractivity contribution is -0.0931. The van der Waals surface area contributed by atoms with Crippen LogP contribution in [0.3, 0.4) is 0 Å². The van der Waals surface area contributed by atoms with E-state index in [4.69, 9.17) is 15.7 Å². The molecule has 0 unspecified atom stereocenters. The monoisotopic (exact) mass is 266 g/mol. The van der Waals surface area contributed by atoms with Crippen LogP contribution in [-0.4, -0.2) is 38.1 Å². The van der Waals surface area contributed by atoms with Crippen molar-refractivity contribution in [2.45, 2.75) is 24.9 Å². The van der Waals surface area contributed by atoms with E-state index in [-0.39, 0.29) is 5.82 Å². The number of nitriles is 1. The van der Waals surface area contributed by atoms with Gasteiger partial charge < -0.3 is 20.7 Å². The molecule has 1 aliphatic rings. The van der Waals surface area contributed by atoms with Crippen LogP contribution in [-0.2, 0) is 4.74 Å². The third-order valence-electron chi connectivity index (χ3n) is 3.31. The van der Waals surface area contributed by atoms with Gasteiger partial charge in [0.2, 0.25) is 5.60 Å². The summed E-state index contributed by atoms with van der Waals surface area (Å²) >= 11 is 0. The number of aliphatic hydroxyl groups is 2. The molecule has 2 rings (SSSR count). The van der Waals surface area contributed by atoms with Crippen LogP contribution in [0.4, 0.5) is 5.82 Å². The molecule has 0 bridgehead atoms. The van der Waals surface area contributed by atoms with Crippen LogP contribution in [0.25, 0.3) is 0 Å². The Morgan fingerprint density at radius 1 is 1.74 bits per heavy atom. The maximum Gasteiger partial charge on any atom is 0.351 e. The van der Waals surface area contributed by atoms with Gasteiger partial charge in [-0.3, -0.25) is 4.57 Å². The molecule has 4 atom stereocenters. The van der Waals surface area contributed by atoms with Crippen molar-refractivity contribution in [1.29, 1.82) is 5.26 Å². The number of aliphatic hydroxyl groups excluding tert-OH is 2. The Balaban J connectivity index is 2.43. The zero-order valence-electron chi connectivity index (χ0n) is 10.2. The lowest BCUT2D eigenvalue weighted by atomic mass is 9.92. The lowest BCUT2D eigenvalue weighted by Crippen LogP contribution is -2.43. The van der Waals surface area contributed by atoms with Crippen molar-refractivity contribution in [2.24, 2.45) is 5.92 Å². The number of anilines is 1. The van der Waals surface area contributed by atoms with Crippen molar-refractivity contribution in [1.82, 2.24) is 9.55 Å². The molecule has 2 heterocycles. The zero-order chi connectivity index (χ0) is 14.2. The van der Waals surface area contributed by atoms with E-state index in [0.717, 1.165) is 4.57 Å². The summed E-state index contributed by atoms with van der Waals surface area (Å²) in [7, 11) is 0. The van der Waals surface area contributed by atoms with Crippen LogP contribution >= 0.6 is 0 Å². The molecule has 0 aromatic carbocycles. The van der Waals surface area contributed by atoms with Crippen LogP contribution in [0, 0.1) is 17.2 Å². The van der Waals surface area contributed by atoms with Gasteiger partial charge in [0, 0.05) is 12.1 Å². The van der Waals surface area contributed by atoms with Crippen molar-refractivity contribution in [3.8, 4) is 6.07 Å². The third kappa shape index (κ3) is 1.98. The Morgan fingerprint density at radius 2 is 2.42 bits per heavy atom. The first kappa shape index (κ1) is 13.5. The van der Waals surface area contributed by atoms with E-state index in [2.05, 4.69) is 4.98 Å². The van der Waals surface area contributed by atoms with Crippen molar-refractivity contribution in [2.75, 3.05) is 12.3 Å². The highest BCUT2D eigenvalue weighted by molar-refractivity contribution is 5.24. The van der Waals surface area contributed by atoms with Gasteiger partial charge in [0.1, 0.15) is 24.2 Å². The highest BCUT2D eigenvalue weighted by atomic mass is 16.6. The van der Waals surface area contributed by atoms with Crippen molar-refractivity contribution in [3.63, 3.8) is 0 Å². The molecule has 0 spiro atoms. The number of hydrogen-bond acceptors (Lipinski definition) is 7. The number of aromatic nitrogens is 2. The number of nitrogens with two attached hydrogens (primary N) is 1. The summed E-state index contributed by atoms with van der Waals surface area (Å²) in [6.45, 7) is 0.954. The first-order chi connectivity index (χ1) is 8.95. The van der Waals surface area contributed by atoms with E-state index in [1.807, 2.05) is 0 Å². The fraction of sp³-hybridized carbons (Fsp3) is 0.545. The molecule has 0 saturated carbocycles. The second-order valence-electron chi connectivity index (χ2n) is 4.51. The largest absolute Gasteiger partial charge is 0.392 e. The minimum atomic E-state index is -1.73. The summed E-state index contributed by atoms with van der Waals surface area (Å²) in [5.74, 6) is -0.490. The zero-order valence-corrected chi connectivity index (χ0v) is 10.2. The van der Waals surface area contributed by atoms with Gasteiger partial charge in [-0.25, -0.2) is 4.79 Å². The van der Waals surface area contributed by atoms with Crippen molar-refractivity contribution < 1.29 is 14.9 Å². The predicted octanol–water partition coefficient (Wildman–Crippen LogP) is -1.39. The van der Waals surface area contributed by atoms with E-state index in [1.54, 1.807) is 13.0 Å². The van der Waals surface area contributed by atoms with Gasteiger partial charge in [-0.1, -0.05) is 6.92 Å². The van der Waals surface area contributed by atoms with Crippen LogP contribution in [0.15, 0.2) is 17.1 Å². The molecule has 8 heteroatoms. The highest BCUT2D eigenvalue weighted by Crippen LogP contribution is 2.40. The second kappa shape index (κ2) is 4.62. The summed E-state index contributed by atoms with van der Waals surface area (Å²) in [5.41, 5.74) is 3.01. The molecular weight excluding hydrogens is 252 g/mol. The molecule has 1 saturated heterocycles. The van der Waals surface area contributed by atoms with Gasteiger partial charge in [-0.15, -0.1) is 0 Å². The number of hydrogen-bond donors (Lipinski definition) is 3. The Morgan fingerprint density at radius 3 is 2.89 bits per heavy atom. The minimum Gasteiger partial charge on any atom is -0.392 e. The van der Waals surface area contributed by atoms with Crippen LogP contribution in [0.1, 0.15) is 13.2 Å². The van der Waals surface area contributed by atoms with Crippen LogP contribution in [0.5, 0.6) is 0 Å². The topological polar surface area (TPSA) is 134 Å². The van der Waals surface area contributed by atoms with Crippen LogP contribution in [0.2, 0.25) is 0 Å².